The lowest BCUT2D eigenvalue weighted by atomic mass is 9.95. The first kappa shape index (κ1) is 5.25. The van der Waals surface area contributed by atoms with E-state index in [0.29, 0.717) is 0 Å². The van der Waals surface area contributed by atoms with Crippen molar-refractivity contribution in [1.29, 1.82) is 0 Å². The predicted octanol–water partition coefficient (Wildman–Crippen LogP) is 1.73. The van der Waals surface area contributed by atoms with Crippen LogP contribution in [-0.4, -0.2) is 9.03 Å². The van der Waals surface area contributed by atoms with E-state index in [-0.39, 0.29) is 0 Å². The summed E-state index contributed by atoms with van der Waals surface area (Å²) in [6, 6.07) is 6.59. The maximum Gasteiger partial charge on any atom is 0.0687 e. The van der Waals surface area contributed by atoms with Crippen LogP contribution in [-0.2, 0) is 12.8 Å². The standard InChI is InChI=1S/C10H8N2/c1-3-10-8-2-4-9(8)11-6-5-7(1)12(10)11/h1,3,5-6H,2,4H2. The Kier molecular flexibility index (Phi) is 0.602. The van der Waals surface area contributed by atoms with E-state index in [0.717, 1.165) is 0 Å². The fraction of sp³-hybridized carbons (Fsp3) is 0.200. The number of fused-ring (bicyclic) bond motifs is 3. The molecule has 0 atom stereocenters. The normalized spacial score (nSPS) is 15.7. The van der Waals surface area contributed by atoms with Crippen LogP contribution in [0.2, 0.25) is 0 Å². The molecule has 0 unspecified atom stereocenters. The molecule has 2 heteroatoms. The van der Waals surface area contributed by atoms with Gasteiger partial charge in [-0.2, -0.15) is 0 Å². The van der Waals surface area contributed by atoms with Crippen molar-refractivity contribution >= 4 is 11.0 Å². The van der Waals surface area contributed by atoms with Crippen molar-refractivity contribution in [2.24, 2.45) is 0 Å². The van der Waals surface area contributed by atoms with Crippen LogP contribution in [0.15, 0.2) is 24.4 Å². The summed E-state index contributed by atoms with van der Waals surface area (Å²) in [7, 11) is 0. The summed E-state index contributed by atoms with van der Waals surface area (Å²) in [5.41, 5.74) is 5.81. The van der Waals surface area contributed by atoms with Gasteiger partial charge in [-0.1, -0.05) is 0 Å². The molecule has 1 aliphatic rings. The lowest BCUT2D eigenvalue weighted by molar-refractivity contribution is 0.747. The Morgan fingerprint density at radius 1 is 1.08 bits per heavy atom. The predicted molar refractivity (Wildman–Crippen MR) is 46.9 cm³/mol. The van der Waals surface area contributed by atoms with Crippen LogP contribution in [0.5, 0.6) is 0 Å². The molecule has 3 aromatic rings. The third-order valence-electron chi connectivity index (χ3n) is 3.03. The van der Waals surface area contributed by atoms with Gasteiger partial charge in [0.05, 0.1) is 11.0 Å². The Morgan fingerprint density at radius 3 is 2.92 bits per heavy atom. The average molecular weight is 156 g/mol. The Morgan fingerprint density at radius 2 is 2.08 bits per heavy atom. The molecule has 0 radical (unpaired) electrons. The van der Waals surface area contributed by atoms with Gasteiger partial charge in [0.15, 0.2) is 0 Å². The molecule has 12 heavy (non-hydrogen) atoms. The van der Waals surface area contributed by atoms with E-state index in [1.165, 1.54) is 29.6 Å². The molecule has 2 nitrogen and oxygen atoms in total. The van der Waals surface area contributed by atoms with E-state index >= 15 is 0 Å². The van der Waals surface area contributed by atoms with Crippen LogP contribution >= 0.6 is 0 Å². The second-order valence-corrected chi connectivity index (χ2v) is 3.54. The molecule has 0 amide bonds. The van der Waals surface area contributed by atoms with Crippen LogP contribution in [0, 0.1) is 0 Å². The van der Waals surface area contributed by atoms with Crippen LogP contribution in [0.4, 0.5) is 0 Å². The smallest absolute Gasteiger partial charge is 0.0687 e. The summed E-state index contributed by atoms with van der Waals surface area (Å²) in [5, 5.41) is 0. The Balaban J connectivity index is 2.52. The van der Waals surface area contributed by atoms with Gasteiger partial charge in [0.2, 0.25) is 0 Å². The van der Waals surface area contributed by atoms with Crippen molar-refractivity contribution in [3.8, 4) is 0 Å². The van der Waals surface area contributed by atoms with Gasteiger partial charge in [0.1, 0.15) is 0 Å². The van der Waals surface area contributed by atoms with Crippen LogP contribution in [0.25, 0.3) is 11.0 Å². The first-order chi connectivity index (χ1) is 5.95. The van der Waals surface area contributed by atoms with Crippen molar-refractivity contribution < 1.29 is 0 Å². The molecule has 0 aliphatic heterocycles. The summed E-state index contributed by atoms with van der Waals surface area (Å²) in [4.78, 5) is 0. The maximum absolute atomic E-state index is 2.30. The second kappa shape index (κ2) is 1.38. The number of aromatic nitrogens is 2. The zero-order valence-electron chi connectivity index (χ0n) is 6.62. The number of rotatable bonds is 0. The quantitative estimate of drug-likeness (QED) is 0.468. The summed E-state index contributed by atoms with van der Waals surface area (Å²) < 4.78 is 4.58. The maximum atomic E-state index is 2.30. The summed E-state index contributed by atoms with van der Waals surface area (Å²) in [6.45, 7) is 0. The topological polar surface area (TPSA) is 8.82 Å². The third-order valence-corrected chi connectivity index (χ3v) is 3.03. The lowest BCUT2D eigenvalue weighted by Crippen LogP contribution is -2.08. The first-order valence-electron chi connectivity index (χ1n) is 4.37. The Bertz CT molecular complexity index is 523. The van der Waals surface area contributed by atoms with Crippen LogP contribution in [0.3, 0.4) is 0 Å². The summed E-state index contributed by atoms with van der Waals surface area (Å²) in [5.74, 6) is 0. The minimum atomic E-state index is 1.25. The van der Waals surface area contributed by atoms with E-state index in [2.05, 4.69) is 33.4 Å². The molecule has 0 N–H and O–H groups in total. The van der Waals surface area contributed by atoms with Crippen molar-refractivity contribution in [2.45, 2.75) is 12.8 Å². The van der Waals surface area contributed by atoms with E-state index in [4.69, 9.17) is 0 Å². The molecule has 0 bridgehead atoms. The van der Waals surface area contributed by atoms with E-state index < -0.39 is 0 Å². The average Bonchev–Trinajstić information content (AvgIpc) is 2.56. The van der Waals surface area contributed by atoms with Gasteiger partial charge in [0, 0.05) is 11.9 Å². The molecule has 58 valence electrons. The number of hydrogen-bond acceptors (Lipinski definition) is 0. The van der Waals surface area contributed by atoms with E-state index in [9.17, 15) is 0 Å². The van der Waals surface area contributed by atoms with Crippen LogP contribution in [0.1, 0.15) is 11.3 Å². The zero-order chi connectivity index (χ0) is 7.71. The van der Waals surface area contributed by atoms with Gasteiger partial charge < -0.3 is 0 Å². The zero-order valence-corrected chi connectivity index (χ0v) is 6.62. The molecule has 4 rings (SSSR count). The highest BCUT2D eigenvalue weighted by Crippen LogP contribution is 2.31. The Hall–Kier alpha value is -1.44. The molecular formula is C10H8N2. The summed E-state index contributed by atoms with van der Waals surface area (Å²) in [6.07, 6.45) is 4.68. The molecule has 0 saturated heterocycles. The molecular weight excluding hydrogens is 148 g/mol. The number of nitrogens with zero attached hydrogens (tertiary/aromatic N) is 2. The van der Waals surface area contributed by atoms with Crippen molar-refractivity contribution in [2.75, 3.05) is 0 Å². The van der Waals surface area contributed by atoms with Gasteiger partial charge in [-0.05, 0) is 36.6 Å². The number of aryl methyl sites for hydroxylation is 2. The van der Waals surface area contributed by atoms with Gasteiger partial charge in [-0.25, -0.2) is 4.52 Å². The minimum Gasteiger partial charge on any atom is -0.260 e. The highest BCUT2D eigenvalue weighted by Gasteiger charge is 2.23. The highest BCUT2D eigenvalue weighted by atomic mass is 15.3. The Labute approximate surface area is 69.3 Å². The molecule has 3 aromatic heterocycles. The third kappa shape index (κ3) is 0.347. The first-order valence-corrected chi connectivity index (χ1v) is 4.37. The van der Waals surface area contributed by atoms with E-state index in [1.54, 1.807) is 5.56 Å². The fourth-order valence-electron chi connectivity index (χ4n) is 2.35. The van der Waals surface area contributed by atoms with Crippen molar-refractivity contribution in [1.82, 2.24) is 9.03 Å². The van der Waals surface area contributed by atoms with Gasteiger partial charge >= 0.3 is 0 Å². The van der Waals surface area contributed by atoms with Crippen LogP contribution < -0.4 is 0 Å². The largest absolute Gasteiger partial charge is 0.260 e. The molecule has 0 saturated carbocycles. The van der Waals surface area contributed by atoms with Gasteiger partial charge in [0.25, 0.3) is 0 Å². The van der Waals surface area contributed by atoms with Gasteiger partial charge in [-0.15, -0.1) is 0 Å². The molecule has 1 aliphatic carbocycles. The molecule has 0 spiro atoms. The molecule has 0 aromatic carbocycles. The SMILES string of the molecule is c1cc2c3c(n4ccc1n24)CC3. The van der Waals surface area contributed by atoms with Crippen molar-refractivity contribution in [3.63, 3.8) is 0 Å². The molecule has 0 fully saturated rings. The van der Waals surface area contributed by atoms with Crippen molar-refractivity contribution in [3.05, 3.63) is 35.7 Å². The monoisotopic (exact) mass is 156 g/mol. The van der Waals surface area contributed by atoms with E-state index in [1.807, 2.05) is 0 Å². The molecule has 3 heterocycles. The summed E-state index contributed by atoms with van der Waals surface area (Å²) >= 11 is 0. The fourth-order valence-corrected chi connectivity index (χ4v) is 2.35. The van der Waals surface area contributed by atoms with Gasteiger partial charge in [-0.3, -0.25) is 4.52 Å². The number of hydrogen-bond donors (Lipinski definition) is 0. The lowest BCUT2D eigenvalue weighted by Gasteiger charge is -2.11. The second-order valence-electron chi connectivity index (χ2n) is 3.54. The minimum absolute atomic E-state index is 1.25. The highest BCUT2D eigenvalue weighted by molar-refractivity contribution is 5.70.